The number of hydrogen-bond acceptors (Lipinski definition) is 3. The third-order valence-electron chi connectivity index (χ3n) is 4.83. The fourth-order valence-corrected chi connectivity index (χ4v) is 4.34. The molecule has 0 spiro atoms. The van der Waals surface area contributed by atoms with Crippen molar-refractivity contribution < 1.29 is 13.2 Å². The maximum atomic E-state index is 12.6. The molecular weight excluding hydrogens is 432 g/mol. The number of carbonyl (C=O) groups excluding carboxylic acids is 1. The molecule has 0 aliphatic heterocycles. The van der Waals surface area contributed by atoms with Gasteiger partial charge >= 0.3 is 0 Å². The van der Waals surface area contributed by atoms with E-state index in [1.165, 1.54) is 35.9 Å². The summed E-state index contributed by atoms with van der Waals surface area (Å²) in [7, 11) is -3.75. The lowest BCUT2D eigenvalue weighted by Gasteiger charge is -2.11. The number of benzene rings is 3. The zero-order chi connectivity index (χ0) is 22.4. The van der Waals surface area contributed by atoms with Crippen LogP contribution in [0.25, 0.3) is 0 Å². The lowest BCUT2D eigenvalue weighted by Crippen LogP contribution is -2.15. The number of nitrogens with one attached hydrogen (secondary N) is 2. The van der Waals surface area contributed by atoms with E-state index in [4.69, 9.17) is 11.6 Å². The molecule has 31 heavy (non-hydrogen) atoms. The lowest BCUT2D eigenvalue weighted by molar-refractivity contribution is 0.102. The zero-order valence-electron chi connectivity index (χ0n) is 17.5. The van der Waals surface area contributed by atoms with Crippen molar-refractivity contribution >= 4 is 38.9 Å². The molecule has 0 unspecified atom stereocenters. The Hall–Kier alpha value is -2.83. The van der Waals surface area contributed by atoms with E-state index in [0.29, 0.717) is 5.69 Å². The van der Waals surface area contributed by atoms with Crippen LogP contribution in [-0.2, 0) is 16.4 Å². The SMILES string of the molecule is CCCCc1ccc(NC(=O)c2ccc(NS(=O)(=O)c3ccc(C)cc3)cc2Cl)cc1. The molecule has 0 atom stereocenters. The van der Waals surface area contributed by atoms with Crippen LogP contribution in [0.4, 0.5) is 11.4 Å². The number of sulfonamides is 1. The number of amides is 1. The van der Waals surface area contributed by atoms with Gasteiger partial charge in [0.2, 0.25) is 0 Å². The van der Waals surface area contributed by atoms with E-state index in [1.807, 2.05) is 31.2 Å². The monoisotopic (exact) mass is 456 g/mol. The summed E-state index contributed by atoms with van der Waals surface area (Å²) >= 11 is 6.27. The van der Waals surface area contributed by atoms with Gasteiger partial charge < -0.3 is 5.32 Å². The summed E-state index contributed by atoms with van der Waals surface area (Å²) in [4.78, 5) is 12.8. The Labute approximate surface area is 188 Å². The minimum Gasteiger partial charge on any atom is -0.322 e. The van der Waals surface area contributed by atoms with Gasteiger partial charge in [-0.05, 0) is 67.8 Å². The molecule has 0 aliphatic rings. The summed E-state index contributed by atoms with van der Waals surface area (Å²) in [5, 5.41) is 2.97. The minimum absolute atomic E-state index is 0.151. The van der Waals surface area contributed by atoms with E-state index in [9.17, 15) is 13.2 Å². The fraction of sp³-hybridized carbons (Fsp3) is 0.208. The van der Waals surface area contributed by atoms with Crippen LogP contribution in [0.3, 0.4) is 0 Å². The van der Waals surface area contributed by atoms with Crippen molar-refractivity contribution in [3.8, 4) is 0 Å². The molecule has 0 saturated heterocycles. The number of unbranched alkanes of at least 4 members (excludes halogenated alkanes) is 1. The van der Waals surface area contributed by atoms with Gasteiger partial charge in [0, 0.05) is 5.69 Å². The second-order valence-electron chi connectivity index (χ2n) is 7.37. The summed E-state index contributed by atoms with van der Waals surface area (Å²) in [6, 6.07) is 18.7. The summed E-state index contributed by atoms with van der Waals surface area (Å²) in [5.74, 6) is -0.362. The Kier molecular flexibility index (Phi) is 7.36. The number of anilines is 2. The first-order chi connectivity index (χ1) is 14.8. The summed E-state index contributed by atoms with van der Waals surface area (Å²) in [5.41, 5.74) is 3.40. The Morgan fingerprint density at radius 3 is 2.19 bits per heavy atom. The van der Waals surface area contributed by atoms with E-state index >= 15 is 0 Å². The first-order valence-corrected chi connectivity index (χ1v) is 11.9. The molecule has 0 radical (unpaired) electrons. The summed E-state index contributed by atoms with van der Waals surface area (Å²) < 4.78 is 27.6. The van der Waals surface area contributed by atoms with Crippen LogP contribution < -0.4 is 10.0 Å². The fourth-order valence-electron chi connectivity index (χ4n) is 3.03. The molecule has 3 aromatic carbocycles. The van der Waals surface area contributed by atoms with Crippen molar-refractivity contribution in [1.82, 2.24) is 0 Å². The Morgan fingerprint density at radius 1 is 0.935 bits per heavy atom. The summed E-state index contributed by atoms with van der Waals surface area (Å²) in [6.07, 6.45) is 3.27. The van der Waals surface area contributed by atoms with Crippen molar-refractivity contribution in [2.45, 2.75) is 38.0 Å². The van der Waals surface area contributed by atoms with Gasteiger partial charge in [0.05, 0.1) is 21.2 Å². The normalized spacial score (nSPS) is 11.2. The quantitative estimate of drug-likeness (QED) is 0.433. The van der Waals surface area contributed by atoms with Crippen LogP contribution >= 0.6 is 11.6 Å². The first-order valence-electron chi connectivity index (χ1n) is 10.1. The Bertz CT molecular complexity index is 1160. The molecule has 0 heterocycles. The zero-order valence-corrected chi connectivity index (χ0v) is 19.1. The molecule has 0 saturated carbocycles. The van der Waals surface area contributed by atoms with E-state index in [2.05, 4.69) is 17.0 Å². The molecule has 5 nitrogen and oxygen atoms in total. The van der Waals surface area contributed by atoms with Crippen LogP contribution in [0.15, 0.2) is 71.6 Å². The van der Waals surface area contributed by atoms with Gasteiger partial charge in [-0.15, -0.1) is 0 Å². The molecule has 7 heteroatoms. The van der Waals surface area contributed by atoms with E-state index in [0.717, 1.165) is 24.8 Å². The highest BCUT2D eigenvalue weighted by Gasteiger charge is 2.16. The minimum atomic E-state index is -3.75. The summed E-state index contributed by atoms with van der Waals surface area (Å²) in [6.45, 7) is 4.03. The Morgan fingerprint density at radius 2 is 1.58 bits per heavy atom. The van der Waals surface area contributed by atoms with Gasteiger partial charge in [-0.2, -0.15) is 0 Å². The van der Waals surface area contributed by atoms with Crippen molar-refractivity contribution in [3.05, 3.63) is 88.4 Å². The van der Waals surface area contributed by atoms with Gasteiger partial charge in [0.1, 0.15) is 0 Å². The predicted octanol–water partition coefficient (Wildman–Crippen LogP) is 6.04. The second kappa shape index (κ2) is 9.98. The third kappa shape index (κ3) is 6.09. The maximum Gasteiger partial charge on any atom is 0.261 e. The van der Waals surface area contributed by atoms with E-state index in [-0.39, 0.29) is 27.1 Å². The molecule has 0 bridgehead atoms. The topological polar surface area (TPSA) is 75.3 Å². The largest absolute Gasteiger partial charge is 0.322 e. The van der Waals surface area contributed by atoms with Crippen LogP contribution in [0, 0.1) is 6.92 Å². The van der Waals surface area contributed by atoms with E-state index < -0.39 is 10.0 Å². The smallest absolute Gasteiger partial charge is 0.261 e. The molecule has 3 rings (SSSR count). The standard InChI is InChI=1S/C24H25ClN2O3S/c1-3-4-5-18-8-10-19(11-9-18)26-24(28)22-15-12-20(16-23(22)25)27-31(29,30)21-13-6-17(2)7-14-21/h6-16,27H,3-5H2,1-2H3,(H,26,28). The number of carbonyl (C=O) groups is 1. The molecule has 1 amide bonds. The van der Waals surface area contributed by atoms with Gasteiger partial charge in [0.15, 0.2) is 0 Å². The average Bonchev–Trinajstić information content (AvgIpc) is 2.73. The van der Waals surface area contributed by atoms with Gasteiger partial charge in [-0.25, -0.2) is 8.42 Å². The second-order valence-corrected chi connectivity index (χ2v) is 9.46. The van der Waals surface area contributed by atoms with Crippen LogP contribution in [0.5, 0.6) is 0 Å². The van der Waals surface area contributed by atoms with Gasteiger partial charge in [0.25, 0.3) is 15.9 Å². The number of hydrogen-bond donors (Lipinski definition) is 2. The number of aryl methyl sites for hydroxylation is 2. The average molecular weight is 457 g/mol. The maximum absolute atomic E-state index is 12.6. The Balaban J connectivity index is 1.69. The molecule has 0 aliphatic carbocycles. The highest BCUT2D eigenvalue weighted by atomic mass is 35.5. The van der Waals surface area contributed by atoms with Gasteiger partial charge in [-0.3, -0.25) is 9.52 Å². The number of rotatable bonds is 8. The van der Waals surface area contributed by atoms with Crippen molar-refractivity contribution in [2.24, 2.45) is 0 Å². The molecule has 3 aromatic rings. The molecular formula is C24H25ClN2O3S. The van der Waals surface area contributed by atoms with E-state index in [1.54, 1.807) is 12.1 Å². The molecule has 0 aromatic heterocycles. The number of halogens is 1. The first kappa shape index (κ1) is 22.8. The lowest BCUT2D eigenvalue weighted by atomic mass is 10.1. The highest BCUT2D eigenvalue weighted by molar-refractivity contribution is 7.92. The van der Waals surface area contributed by atoms with Gasteiger partial charge in [-0.1, -0.05) is 54.8 Å². The molecule has 162 valence electrons. The molecule has 2 N–H and O–H groups in total. The van der Waals surface area contributed by atoms with Crippen LogP contribution in [-0.4, -0.2) is 14.3 Å². The highest BCUT2D eigenvalue weighted by Crippen LogP contribution is 2.24. The molecule has 0 fully saturated rings. The third-order valence-corrected chi connectivity index (χ3v) is 6.54. The van der Waals surface area contributed by atoms with Crippen LogP contribution in [0.1, 0.15) is 41.3 Å². The van der Waals surface area contributed by atoms with Crippen LogP contribution in [0.2, 0.25) is 5.02 Å². The van der Waals surface area contributed by atoms with Crippen molar-refractivity contribution in [1.29, 1.82) is 0 Å². The van der Waals surface area contributed by atoms with Crippen molar-refractivity contribution in [3.63, 3.8) is 0 Å². The predicted molar refractivity (Wildman–Crippen MR) is 126 cm³/mol. The van der Waals surface area contributed by atoms with Crippen molar-refractivity contribution in [2.75, 3.05) is 10.0 Å².